The van der Waals surface area contributed by atoms with Crippen molar-refractivity contribution in [3.05, 3.63) is 53.1 Å². The number of benzene rings is 1. The normalized spacial score (nSPS) is 13.6. The van der Waals surface area contributed by atoms with Crippen molar-refractivity contribution in [1.29, 1.82) is 0 Å². The zero-order chi connectivity index (χ0) is 25.6. The van der Waals surface area contributed by atoms with Crippen molar-refractivity contribution in [2.75, 3.05) is 7.11 Å². The summed E-state index contributed by atoms with van der Waals surface area (Å²) in [5.41, 5.74) is 1.06. The highest BCUT2D eigenvalue weighted by Gasteiger charge is 2.30. The second-order valence-corrected chi connectivity index (χ2v) is 8.35. The maximum absolute atomic E-state index is 14.1. The minimum Gasteiger partial charge on any atom is -0.493 e. The predicted molar refractivity (Wildman–Crippen MR) is 123 cm³/mol. The Hall–Kier alpha value is -3.49. The van der Waals surface area contributed by atoms with Crippen LogP contribution < -0.4 is 14.8 Å². The predicted octanol–water partition coefficient (Wildman–Crippen LogP) is 3.95. The fourth-order valence-electron chi connectivity index (χ4n) is 3.82. The summed E-state index contributed by atoms with van der Waals surface area (Å²) in [4.78, 5) is 41.0. The van der Waals surface area contributed by atoms with Crippen molar-refractivity contribution in [1.82, 2.24) is 10.3 Å². The number of pyridine rings is 1. The number of hydrogen-bond donors (Lipinski definition) is 1. The molecular formula is C25H31FN2O6. The van der Waals surface area contributed by atoms with Gasteiger partial charge in [-0.1, -0.05) is 26.0 Å². The Labute approximate surface area is 198 Å². The van der Waals surface area contributed by atoms with Crippen LogP contribution in [0, 0.1) is 18.7 Å². The van der Waals surface area contributed by atoms with Crippen LogP contribution in [0.15, 0.2) is 30.5 Å². The number of ether oxygens (including phenoxy) is 3. The Kier molecular flexibility index (Phi) is 9.11. The number of amides is 1. The first-order chi connectivity index (χ1) is 16.0. The van der Waals surface area contributed by atoms with Crippen LogP contribution in [0.5, 0.6) is 11.5 Å². The molecule has 0 saturated carbocycles. The van der Waals surface area contributed by atoms with Gasteiger partial charge in [0.2, 0.25) is 5.75 Å². The van der Waals surface area contributed by atoms with Crippen molar-refractivity contribution in [2.45, 2.75) is 59.6 Å². The first-order valence-corrected chi connectivity index (χ1v) is 11.0. The highest BCUT2D eigenvalue weighted by atomic mass is 19.1. The van der Waals surface area contributed by atoms with Crippen LogP contribution in [0.25, 0.3) is 0 Å². The van der Waals surface area contributed by atoms with Crippen LogP contribution in [0.1, 0.15) is 62.2 Å². The molecule has 1 aromatic carbocycles. The molecule has 3 atom stereocenters. The average molecular weight is 475 g/mol. The smallest absolute Gasteiger partial charge is 0.328 e. The van der Waals surface area contributed by atoms with E-state index in [0.717, 1.165) is 5.56 Å². The lowest BCUT2D eigenvalue weighted by atomic mass is 9.82. The second kappa shape index (κ2) is 11.6. The largest absolute Gasteiger partial charge is 0.493 e. The first kappa shape index (κ1) is 26.8. The maximum Gasteiger partial charge on any atom is 0.328 e. The third-order valence-electron chi connectivity index (χ3n) is 5.45. The minimum atomic E-state index is -1.03. The average Bonchev–Trinajstić information content (AvgIpc) is 2.76. The summed E-state index contributed by atoms with van der Waals surface area (Å²) >= 11 is 0. The lowest BCUT2D eigenvalue weighted by Crippen LogP contribution is -2.42. The Morgan fingerprint density at radius 3 is 2.35 bits per heavy atom. The SMILES string of the molecule is COc1ccnc(C(=O)N[C@@H](C)C(=O)O[C@@H](C)[C@H](c2cccc(F)c2C)C(C)C)c1OC(C)=O. The lowest BCUT2D eigenvalue weighted by molar-refractivity contribution is -0.151. The van der Waals surface area contributed by atoms with Crippen molar-refractivity contribution in [3.63, 3.8) is 0 Å². The molecular weight excluding hydrogens is 443 g/mol. The summed E-state index contributed by atoms with van der Waals surface area (Å²) in [6, 6.07) is 5.25. The Balaban J connectivity index is 2.17. The van der Waals surface area contributed by atoms with Gasteiger partial charge < -0.3 is 19.5 Å². The van der Waals surface area contributed by atoms with E-state index in [9.17, 15) is 18.8 Å². The number of esters is 2. The molecule has 34 heavy (non-hydrogen) atoms. The van der Waals surface area contributed by atoms with Crippen LogP contribution in [0.3, 0.4) is 0 Å². The van der Waals surface area contributed by atoms with Gasteiger partial charge in [0, 0.05) is 25.1 Å². The van der Waals surface area contributed by atoms with Gasteiger partial charge in [-0.2, -0.15) is 0 Å². The van der Waals surface area contributed by atoms with E-state index in [0.29, 0.717) is 5.56 Å². The zero-order valence-corrected chi connectivity index (χ0v) is 20.5. The van der Waals surface area contributed by atoms with Gasteiger partial charge >= 0.3 is 11.9 Å². The van der Waals surface area contributed by atoms with E-state index in [1.54, 1.807) is 19.9 Å². The summed E-state index contributed by atoms with van der Waals surface area (Å²) < 4.78 is 30.0. The van der Waals surface area contributed by atoms with Crippen LogP contribution in [0.4, 0.5) is 4.39 Å². The number of aromatic nitrogens is 1. The van der Waals surface area contributed by atoms with E-state index in [4.69, 9.17) is 14.2 Å². The molecule has 0 radical (unpaired) electrons. The van der Waals surface area contributed by atoms with Gasteiger partial charge in [-0.15, -0.1) is 0 Å². The van der Waals surface area contributed by atoms with E-state index < -0.39 is 30.0 Å². The molecule has 0 fully saturated rings. The number of carbonyl (C=O) groups is 3. The van der Waals surface area contributed by atoms with Crippen molar-refractivity contribution in [2.24, 2.45) is 5.92 Å². The van der Waals surface area contributed by atoms with E-state index in [1.165, 1.54) is 39.3 Å². The highest BCUT2D eigenvalue weighted by molar-refractivity contribution is 5.98. The quantitative estimate of drug-likeness (QED) is 0.549. The molecule has 0 saturated heterocycles. The molecule has 8 nitrogen and oxygen atoms in total. The number of hydrogen-bond acceptors (Lipinski definition) is 7. The van der Waals surface area contributed by atoms with Crippen LogP contribution >= 0.6 is 0 Å². The highest BCUT2D eigenvalue weighted by Crippen LogP contribution is 2.33. The molecule has 1 amide bonds. The zero-order valence-electron chi connectivity index (χ0n) is 20.5. The number of nitrogens with one attached hydrogen (secondary N) is 1. The van der Waals surface area contributed by atoms with Gasteiger partial charge in [0.1, 0.15) is 18.0 Å². The van der Waals surface area contributed by atoms with E-state index in [-0.39, 0.29) is 34.8 Å². The molecule has 0 aliphatic heterocycles. The summed E-state index contributed by atoms with van der Waals surface area (Å²) in [6.07, 6.45) is 0.735. The lowest BCUT2D eigenvalue weighted by Gasteiger charge is -2.30. The van der Waals surface area contributed by atoms with Gasteiger partial charge in [0.05, 0.1) is 7.11 Å². The third kappa shape index (κ3) is 6.30. The second-order valence-electron chi connectivity index (χ2n) is 8.35. The monoisotopic (exact) mass is 474 g/mol. The van der Waals surface area contributed by atoms with Crippen molar-refractivity contribution < 1.29 is 33.0 Å². The molecule has 1 aromatic heterocycles. The molecule has 0 bridgehead atoms. The molecule has 9 heteroatoms. The van der Waals surface area contributed by atoms with Crippen molar-refractivity contribution >= 4 is 17.8 Å². The summed E-state index contributed by atoms with van der Waals surface area (Å²) in [5.74, 6) is -2.59. The molecule has 0 aliphatic carbocycles. The Bertz CT molecular complexity index is 1060. The van der Waals surface area contributed by atoms with Crippen LogP contribution in [-0.4, -0.2) is 42.1 Å². The van der Waals surface area contributed by atoms with Crippen LogP contribution in [0.2, 0.25) is 0 Å². The molecule has 2 rings (SSSR count). The van der Waals surface area contributed by atoms with Crippen LogP contribution in [-0.2, 0) is 14.3 Å². The minimum absolute atomic E-state index is 0.0560. The number of methoxy groups -OCH3 is 1. The van der Waals surface area contributed by atoms with Gasteiger partial charge in [-0.25, -0.2) is 14.2 Å². The molecule has 2 aromatic rings. The van der Waals surface area contributed by atoms with Gasteiger partial charge in [0.15, 0.2) is 11.4 Å². The standard InChI is InChI=1S/C25H31FN2O6/c1-13(2)21(18-9-8-10-19(26)14(18)3)16(5)33-25(31)15(4)28-24(30)22-23(34-17(6)29)20(32-7)11-12-27-22/h8-13,15-16,21H,1-7H3,(H,28,30)/t15-,16-,21+/m0/s1. The number of carbonyl (C=O) groups excluding carboxylic acids is 3. The fourth-order valence-corrected chi connectivity index (χ4v) is 3.82. The Morgan fingerprint density at radius 1 is 1.09 bits per heavy atom. The first-order valence-electron chi connectivity index (χ1n) is 11.0. The summed E-state index contributed by atoms with van der Waals surface area (Å²) in [5, 5.41) is 2.51. The molecule has 1 heterocycles. The van der Waals surface area contributed by atoms with E-state index in [2.05, 4.69) is 10.3 Å². The van der Waals surface area contributed by atoms with E-state index in [1.807, 2.05) is 19.9 Å². The van der Waals surface area contributed by atoms with E-state index >= 15 is 0 Å². The number of nitrogens with zero attached hydrogens (tertiary/aromatic N) is 1. The van der Waals surface area contributed by atoms with Gasteiger partial charge in [-0.05, 0) is 43.9 Å². The maximum atomic E-state index is 14.1. The number of halogens is 1. The topological polar surface area (TPSA) is 104 Å². The molecule has 0 unspecified atom stereocenters. The van der Waals surface area contributed by atoms with Gasteiger partial charge in [0.25, 0.3) is 5.91 Å². The molecule has 1 N–H and O–H groups in total. The summed E-state index contributed by atoms with van der Waals surface area (Å²) in [7, 11) is 1.36. The molecule has 0 aliphatic rings. The molecule has 184 valence electrons. The van der Waals surface area contributed by atoms with Gasteiger partial charge in [-0.3, -0.25) is 9.59 Å². The Morgan fingerprint density at radius 2 is 1.76 bits per heavy atom. The number of rotatable bonds is 9. The summed E-state index contributed by atoms with van der Waals surface area (Å²) in [6.45, 7) is 10.0. The third-order valence-corrected chi connectivity index (χ3v) is 5.45. The van der Waals surface area contributed by atoms with Crippen molar-refractivity contribution in [3.8, 4) is 11.5 Å². The molecule has 0 spiro atoms. The fraction of sp³-hybridized carbons (Fsp3) is 0.440.